The van der Waals surface area contributed by atoms with Crippen LogP contribution >= 0.6 is 11.3 Å². The number of hydrogen-bond acceptors (Lipinski definition) is 4. The molecular formula is C14H15NO2S. The Morgan fingerprint density at radius 1 is 1.22 bits per heavy atom. The highest BCUT2D eigenvalue weighted by atomic mass is 32.1. The smallest absolute Gasteiger partial charge is 0.171 e. The number of rotatable bonds is 2. The summed E-state index contributed by atoms with van der Waals surface area (Å²) < 4.78 is 0. The van der Waals surface area contributed by atoms with Gasteiger partial charge in [0.05, 0.1) is 10.6 Å². The zero-order valence-electron chi connectivity index (χ0n) is 10.9. The van der Waals surface area contributed by atoms with Gasteiger partial charge in [0.1, 0.15) is 10.8 Å². The number of nitrogens with zero attached hydrogens (tertiary/aromatic N) is 1. The molecule has 2 aromatic rings. The molecule has 1 aromatic carbocycles. The van der Waals surface area contributed by atoms with Crippen LogP contribution in [-0.2, 0) is 0 Å². The number of benzene rings is 1. The Hall–Kier alpha value is -1.68. The number of aromatic nitrogens is 1. The molecule has 3 nitrogen and oxygen atoms in total. The molecule has 0 aliphatic carbocycles. The van der Waals surface area contributed by atoms with E-state index in [0.717, 1.165) is 27.4 Å². The molecule has 0 fully saturated rings. The predicted octanol–water partition coefficient (Wildman–Crippen LogP) is 3.64. The molecule has 94 valence electrons. The number of carbonyl (C=O) groups is 1. The van der Waals surface area contributed by atoms with E-state index >= 15 is 0 Å². The van der Waals surface area contributed by atoms with E-state index in [9.17, 15) is 9.90 Å². The van der Waals surface area contributed by atoms with Gasteiger partial charge in [-0.1, -0.05) is 0 Å². The van der Waals surface area contributed by atoms with Crippen molar-refractivity contribution in [2.75, 3.05) is 0 Å². The van der Waals surface area contributed by atoms with Crippen LogP contribution in [0.3, 0.4) is 0 Å². The first-order chi connectivity index (χ1) is 8.40. The Bertz CT molecular complexity index is 606. The molecule has 0 atom stereocenters. The maximum Gasteiger partial charge on any atom is 0.171 e. The van der Waals surface area contributed by atoms with E-state index in [4.69, 9.17) is 0 Å². The lowest BCUT2D eigenvalue weighted by Gasteiger charge is -2.05. The highest BCUT2D eigenvalue weighted by Gasteiger charge is 2.14. The Morgan fingerprint density at radius 2 is 1.78 bits per heavy atom. The van der Waals surface area contributed by atoms with Crippen molar-refractivity contribution in [3.63, 3.8) is 0 Å². The van der Waals surface area contributed by atoms with Gasteiger partial charge in [-0.3, -0.25) is 4.79 Å². The summed E-state index contributed by atoms with van der Waals surface area (Å²) in [5, 5.41) is 10.6. The van der Waals surface area contributed by atoms with Crippen LogP contribution in [0.1, 0.15) is 33.4 Å². The average Bonchev–Trinajstić information content (AvgIpc) is 2.67. The number of Topliss-reactive ketones (excluding diaryl/α,β-unsaturated/α-hetero) is 1. The minimum absolute atomic E-state index is 0.0449. The van der Waals surface area contributed by atoms with Gasteiger partial charge in [-0.2, -0.15) is 0 Å². The van der Waals surface area contributed by atoms with E-state index in [1.54, 1.807) is 6.92 Å². The van der Waals surface area contributed by atoms with Crippen LogP contribution in [0.15, 0.2) is 12.1 Å². The van der Waals surface area contributed by atoms with Crippen molar-refractivity contribution in [3.05, 3.63) is 33.8 Å². The molecule has 0 unspecified atom stereocenters. The summed E-state index contributed by atoms with van der Waals surface area (Å²) in [6, 6.07) is 3.79. The molecule has 0 spiro atoms. The topological polar surface area (TPSA) is 50.2 Å². The molecule has 0 aliphatic rings. The van der Waals surface area contributed by atoms with Crippen molar-refractivity contribution in [1.82, 2.24) is 4.98 Å². The predicted molar refractivity (Wildman–Crippen MR) is 73.4 cm³/mol. The highest BCUT2D eigenvalue weighted by molar-refractivity contribution is 7.17. The van der Waals surface area contributed by atoms with Crippen LogP contribution in [-0.4, -0.2) is 15.9 Å². The minimum atomic E-state index is 0.0449. The van der Waals surface area contributed by atoms with Gasteiger partial charge < -0.3 is 5.11 Å². The third-order valence-electron chi connectivity index (χ3n) is 2.85. The van der Waals surface area contributed by atoms with E-state index in [2.05, 4.69) is 4.98 Å². The largest absolute Gasteiger partial charge is 0.507 e. The van der Waals surface area contributed by atoms with Crippen LogP contribution < -0.4 is 0 Å². The maximum absolute atomic E-state index is 11.4. The minimum Gasteiger partial charge on any atom is -0.507 e. The fourth-order valence-corrected chi connectivity index (χ4v) is 2.87. The summed E-state index contributed by atoms with van der Waals surface area (Å²) >= 11 is 1.40. The van der Waals surface area contributed by atoms with Crippen molar-refractivity contribution in [1.29, 1.82) is 0 Å². The molecule has 0 saturated heterocycles. The molecule has 0 bridgehead atoms. The SMILES string of the molecule is CC(=O)c1sc(-c2cc(C)c(O)c(C)c2)nc1C. The molecule has 2 rings (SSSR count). The summed E-state index contributed by atoms with van der Waals surface area (Å²) in [7, 11) is 0. The number of ketones is 1. The first kappa shape index (κ1) is 12.8. The Morgan fingerprint density at radius 3 is 2.22 bits per heavy atom. The van der Waals surface area contributed by atoms with E-state index < -0.39 is 0 Å². The lowest BCUT2D eigenvalue weighted by Crippen LogP contribution is -1.89. The third-order valence-corrected chi connectivity index (χ3v) is 4.16. The van der Waals surface area contributed by atoms with Crippen molar-refractivity contribution in [3.8, 4) is 16.3 Å². The second-order valence-corrected chi connectivity index (χ2v) is 5.45. The van der Waals surface area contributed by atoms with Gasteiger partial charge in [0.2, 0.25) is 0 Å². The zero-order chi connectivity index (χ0) is 13.4. The molecule has 18 heavy (non-hydrogen) atoms. The van der Waals surface area contributed by atoms with E-state index in [-0.39, 0.29) is 5.78 Å². The molecule has 1 N–H and O–H groups in total. The molecule has 0 saturated carbocycles. The number of phenolic OH excluding ortho intramolecular Hbond substituents is 1. The van der Waals surface area contributed by atoms with E-state index in [0.29, 0.717) is 10.6 Å². The maximum atomic E-state index is 11.4. The van der Waals surface area contributed by atoms with Crippen LogP contribution in [0.4, 0.5) is 0 Å². The number of thiazole rings is 1. The molecule has 0 radical (unpaired) electrons. The van der Waals surface area contributed by atoms with Crippen LogP contribution in [0.2, 0.25) is 0 Å². The fraction of sp³-hybridized carbons (Fsp3) is 0.286. The van der Waals surface area contributed by atoms with E-state index in [1.807, 2.05) is 32.9 Å². The normalized spacial score (nSPS) is 10.7. The highest BCUT2D eigenvalue weighted by Crippen LogP contribution is 2.32. The van der Waals surface area contributed by atoms with Crippen LogP contribution in [0.25, 0.3) is 10.6 Å². The van der Waals surface area contributed by atoms with Crippen molar-refractivity contribution < 1.29 is 9.90 Å². The quantitative estimate of drug-likeness (QED) is 0.840. The van der Waals surface area contributed by atoms with Crippen LogP contribution in [0, 0.1) is 20.8 Å². The second kappa shape index (κ2) is 4.53. The fourth-order valence-electron chi connectivity index (χ4n) is 1.93. The first-order valence-corrected chi connectivity index (χ1v) is 6.50. The van der Waals surface area contributed by atoms with E-state index in [1.165, 1.54) is 11.3 Å². The number of hydrogen-bond donors (Lipinski definition) is 1. The standard InChI is InChI=1S/C14H15NO2S/c1-7-5-11(6-8(2)12(7)17)14-15-9(3)13(18-14)10(4)16/h5-6,17H,1-4H3. The molecular weight excluding hydrogens is 246 g/mol. The lowest BCUT2D eigenvalue weighted by atomic mass is 10.1. The van der Waals surface area contributed by atoms with Gasteiger partial charge in [-0.05, 0) is 44.0 Å². The number of carbonyl (C=O) groups excluding carboxylic acids is 1. The van der Waals surface area contributed by atoms with Crippen molar-refractivity contribution in [2.24, 2.45) is 0 Å². The third kappa shape index (κ3) is 2.16. The first-order valence-electron chi connectivity index (χ1n) is 5.69. The number of phenols is 1. The molecule has 1 aromatic heterocycles. The Kier molecular flexibility index (Phi) is 3.22. The monoisotopic (exact) mass is 261 g/mol. The summed E-state index contributed by atoms with van der Waals surface area (Å²) in [5.41, 5.74) is 3.36. The summed E-state index contributed by atoms with van der Waals surface area (Å²) in [6.45, 7) is 7.12. The molecule has 0 amide bonds. The van der Waals surface area contributed by atoms with Crippen LogP contribution in [0.5, 0.6) is 5.75 Å². The number of aryl methyl sites for hydroxylation is 3. The van der Waals surface area contributed by atoms with Gasteiger partial charge in [0.15, 0.2) is 5.78 Å². The summed E-state index contributed by atoms with van der Waals surface area (Å²) in [4.78, 5) is 16.6. The average molecular weight is 261 g/mol. The molecule has 1 heterocycles. The Balaban J connectivity index is 2.56. The van der Waals surface area contributed by atoms with Gasteiger partial charge >= 0.3 is 0 Å². The zero-order valence-corrected chi connectivity index (χ0v) is 11.7. The molecule has 4 heteroatoms. The van der Waals surface area contributed by atoms with Crippen molar-refractivity contribution in [2.45, 2.75) is 27.7 Å². The Labute approximate surface area is 110 Å². The van der Waals surface area contributed by atoms with Crippen molar-refractivity contribution >= 4 is 17.1 Å². The van der Waals surface area contributed by atoms with Gasteiger partial charge in [-0.15, -0.1) is 11.3 Å². The lowest BCUT2D eigenvalue weighted by molar-refractivity contribution is 0.102. The summed E-state index contributed by atoms with van der Waals surface area (Å²) in [6.07, 6.45) is 0. The second-order valence-electron chi connectivity index (χ2n) is 4.45. The van der Waals surface area contributed by atoms with Gasteiger partial charge in [0, 0.05) is 12.5 Å². The molecule has 0 aliphatic heterocycles. The summed E-state index contributed by atoms with van der Waals surface area (Å²) in [5.74, 6) is 0.363. The number of aromatic hydroxyl groups is 1. The van der Waals surface area contributed by atoms with Gasteiger partial charge in [-0.25, -0.2) is 4.98 Å². The van der Waals surface area contributed by atoms with Gasteiger partial charge in [0.25, 0.3) is 0 Å².